The molecule has 0 saturated carbocycles. The van der Waals surface area contributed by atoms with Gasteiger partial charge in [0.1, 0.15) is 5.52 Å². The second-order valence-electron chi connectivity index (χ2n) is 7.28. The average molecular weight is 407 g/mol. The van der Waals surface area contributed by atoms with Crippen molar-refractivity contribution in [3.05, 3.63) is 36.5 Å². The number of rotatable bonds is 5. The van der Waals surface area contributed by atoms with Crippen LogP contribution in [0, 0.1) is 0 Å². The zero-order valence-corrected chi connectivity index (χ0v) is 16.9. The molecule has 9 heteroatoms. The Morgan fingerprint density at radius 3 is 2.77 bits per heavy atom. The molecule has 4 N–H and O–H groups in total. The van der Waals surface area contributed by atoms with Crippen LogP contribution < -0.4 is 11.5 Å². The fraction of sp³-hybridized carbons (Fsp3) is 0.333. The highest BCUT2D eigenvalue weighted by atomic mass is 16.4. The number of nitrogens with two attached hydrogens (primary N) is 2. The van der Waals surface area contributed by atoms with Crippen molar-refractivity contribution in [1.82, 2.24) is 19.8 Å². The van der Waals surface area contributed by atoms with Gasteiger partial charge in [0.2, 0.25) is 5.91 Å². The molecule has 156 valence electrons. The van der Waals surface area contributed by atoms with Crippen molar-refractivity contribution in [2.45, 2.75) is 13.0 Å². The first-order valence-corrected chi connectivity index (χ1v) is 9.92. The molecular weight excluding hydrogens is 382 g/mol. The summed E-state index contributed by atoms with van der Waals surface area (Å²) in [5.74, 6) is 0.00769. The van der Waals surface area contributed by atoms with Gasteiger partial charge in [0.05, 0.1) is 24.1 Å². The molecule has 0 aliphatic carbocycles. The van der Waals surface area contributed by atoms with E-state index in [1.807, 2.05) is 41.4 Å². The molecule has 0 spiro atoms. The second-order valence-corrected chi connectivity index (χ2v) is 7.28. The number of piperazine rings is 1. The Labute approximate surface area is 174 Å². The molecule has 1 aliphatic rings. The minimum absolute atomic E-state index is 0.00769. The van der Waals surface area contributed by atoms with Crippen molar-refractivity contribution in [2.24, 2.45) is 10.7 Å². The van der Waals surface area contributed by atoms with Gasteiger partial charge in [-0.25, -0.2) is 0 Å². The summed E-state index contributed by atoms with van der Waals surface area (Å²) >= 11 is 0. The summed E-state index contributed by atoms with van der Waals surface area (Å²) in [6, 6.07) is 9.85. The lowest BCUT2D eigenvalue weighted by molar-refractivity contribution is -0.131. The molecular formula is C21H25N7O2. The first-order valence-electron chi connectivity index (χ1n) is 9.92. The maximum atomic E-state index is 11.7. The third-order valence-electron chi connectivity index (χ3n) is 5.30. The van der Waals surface area contributed by atoms with Gasteiger partial charge in [0, 0.05) is 44.0 Å². The van der Waals surface area contributed by atoms with Crippen LogP contribution in [0.25, 0.3) is 22.4 Å². The van der Waals surface area contributed by atoms with Gasteiger partial charge in [-0.15, -0.1) is 0 Å². The molecule has 1 fully saturated rings. The van der Waals surface area contributed by atoms with Crippen molar-refractivity contribution in [1.29, 1.82) is 0 Å². The Hall–Kier alpha value is -3.30. The van der Waals surface area contributed by atoms with E-state index in [1.165, 1.54) is 0 Å². The van der Waals surface area contributed by atoms with Gasteiger partial charge in [-0.2, -0.15) is 4.98 Å². The highest BCUT2D eigenvalue weighted by Gasteiger charge is 2.22. The fourth-order valence-electron chi connectivity index (χ4n) is 3.53. The number of amides is 1. The van der Waals surface area contributed by atoms with Crippen LogP contribution >= 0.6 is 0 Å². The summed E-state index contributed by atoms with van der Waals surface area (Å²) in [5, 5.41) is 0. The lowest BCUT2D eigenvalue weighted by Crippen LogP contribution is -2.52. The topological polar surface area (TPSA) is 127 Å². The van der Waals surface area contributed by atoms with Gasteiger partial charge >= 0.3 is 0 Å². The standard InChI is InChI=1S/C21H25N7O2/c1-14(27-6-8-28(9-7-27)20(29)11-22)12-24-16-3-4-17(25-13-16)15-2-5-19-18(10-15)26-21(23)30-19/h2-5,10,12-14H,6-9,11,22H2,1H3,(H2,23,26). The Morgan fingerprint density at radius 2 is 2.07 bits per heavy atom. The molecule has 1 aliphatic heterocycles. The Balaban J connectivity index is 1.38. The predicted octanol–water partition coefficient (Wildman–Crippen LogP) is 1.67. The van der Waals surface area contributed by atoms with E-state index in [1.54, 1.807) is 6.20 Å². The number of aromatic nitrogens is 2. The summed E-state index contributed by atoms with van der Waals surface area (Å²) in [4.78, 5) is 29.0. The van der Waals surface area contributed by atoms with E-state index in [-0.39, 0.29) is 24.5 Å². The number of hydrogen-bond donors (Lipinski definition) is 2. The Morgan fingerprint density at radius 1 is 1.27 bits per heavy atom. The number of anilines is 1. The SMILES string of the molecule is CC(C=Nc1ccc(-c2ccc3oc(N)nc3c2)nc1)N1CCN(C(=O)CN)CC1. The maximum absolute atomic E-state index is 11.7. The van der Waals surface area contributed by atoms with Crippen molar-refractivity contribution >= 4 is 34.9 Å². The minimum Gasteiger partial charge on any atom is -0.424 e. The third-order valence-corrected chi connectivity index (χ3v) is 5.30. The Kier molecular flexibility index (Phi) is 5.73. The van der Waals surface area contributed by atoms with E-state index < -0.39 is 0 Å². The number of hydrogen-bond acceptors (Lipinski definition) is 8. The lowest BCUT2D eigenvalue weighted by atomic mass is 10.1. The van der Waals surface area contributed by atoms with Crippen LogP contribution in [-0.4, -0.2) is 70.7 Å². The maximum Gasteiger partial charge on any atom is 0.292 e. The number of carbonyl (C=O) groups is 1. The van der Waals surface area contributed by atoms with E-state index in [0.29, 0.717) is 24.2 Å². The van der Waals surface area contributed by atoms with Crippen LogP contribution in [0.4, 0.5) is 11.7 Å². The number of nitrogens with zero attached hydrogens (tertiary/aromatic N) is 5. The number of fused-ring (bicyclic) bond motifs is 1. The first kappa shape index (κ1) is 20.0. The van der Waals surface area contributed by atoms with Gasteiger partial charge in [-0.1, -0.05) is 0 Å². The van der Waals surface area contributed by atoms with E-state index in [4.69, 9.17) is 15.9 Å². The molecule has 4 rings (SSSR count). The molecule has 0 radical (unpaired) electrons. The van der Waals surface area contributed by atoms with Crippen LogP contribution in [0.15, 0.2) is 45.9 Å². The largest absolute Gasteiger partial charge is 0.424 e. The monoisotopic (exact) mass is 407 g/mol. The van der Waals surface area contributed by atoms with Gasteiger partial charge in [-0.3, -0.25) is 19.7 Å². The smallest absolute Gasteiger partial charge is 0.292 e. The number of oxazole rings is 1. The lowest BCUT2D eigenvalue weighted by Gasteiger charge is -2.36. The molecule has 2 aromatic heterocycles. The number of benzene rings is 1. The van der Waals surface area contributed by atoms with Crippen molar-refractivity contribution in [2.75, 3.05) is 38.5 Å². The molecule has 30 heavy (non-hydrogen) atoms. The molecule has 1 aromatic carbocycles. The molecule has 1 saturated heterocycles. The van der Waals surface area contributed by atoms with Crippen LogP contribution in [0.1, 0.15) is 6.92 Å². The van der Waals surface area contributed by atoms with Crippen molar-refractivity contribution < 1.29 is 9.21 Å². The third kappa shape index (κ3) is 4.32. The van der Waals surface area contributed by atoms with Crippen LogP contribution in [0.3, 0.4) is 0 Å². The average Bonchev–Trinajstić information content (AvgIpc) is 3.16. The first-order chi connectivity index (χ1) is 14.5. The van der Waals surface area contributed by atoms with Gasteiger partial charge in [-0.05, 0) is 37.3 Å². The minimum atomic E-state index is 0.00769. The van der Waals surface area contributed by atoms with E-state index in [9.17, 15) is 4.79 Å². The zero-order chi connectivity index (χ0) is 21.1. The van der Waals surface area contributed by atoms with Crippen LogP contribution in [0.5, 0.6) is 0 Å². The van der Waals surface area contributed by atoms with Crippen molar-refractivity contribution in [3.63, 3.8) is 0 Å². The number of nitrogen functional groups attached to an aromatic ring is 1. The molecule has 1 atom stereocenters. The van der Waals surface area contributed by atoms with E-state index in [2.05, 4.69) is 26.8 Å². The molecule has 3 aromatic rings. The normalized spacial score (nSPS) is 16.4. The number of pyridine rings is 1. The van der Waals surface area contributed by atoms with Crippen LogP contribution in [0.2, 0.25) is 0 Å². The molecule has 3 heterocycles. The summed E-state index contributed by atoms with van der Waals surface area (Å²) in [6.45, 7) is 5.19. The Bertz CT molecular complexity index is 1050. The summed E-state index contributed by atoms with van der Waals surface area (Å²) in [7, 11) is 0. The van der Waals surface area contributed by atoms with Gasteiger partial charge < -0.3 is 20.8 Å². The molecule has 0 bridgehead atoms. The fourth-order valence-corrected chi connectivity index (χ4v) is 3.53. The molecule has 9 nitrogen and oxygen atoms in total. The molecule has 1 amide bonds. The van der Waals surface area contributed by atoms with E-state index >= 15 is 0 Å². The van der Waals surface area contributed by atoms with Gasteiger partial charge in [0.25, 0.3) is 6.01 Å². The summed E-state index contributed by atoms with van der Waals surface area (Å²) in [6.07, 6.45) is 3.67. The highest BCUT2D eigenvalue weighted by Crippen LogP contribution is 2.25. The second kappa shape index (κ2) is 8.60. The quantitative estimate of drug-likeness (QED) is 0.616. The zero-order valence-electron chi connectivity index (χ0n) is 16.9. The summed E-state index contributed by atoms with van der Waals surface area (Å²) < 4.78 is 5.30. The van der Waals surface area contributed by atoms with Gasteiger partial charge in [0.15, 0.2) is 5.58 Å². The summed E-state index contributed by atoms with van der Waals surface area (Å²) in [5.41, 5.74) is 14.9. The molecule has 1 unspecified atom stereocenters. The number of carbonyl (C=O) groups excluding carboxylic acids is 1. The van der Waals surface area contributed by atoms with Crippen LogP contribution in [-0.2, 0) is 4.79 Å². The van der Waals surface area contributed by atoms with E-state index in [0.717, 1.165) is 30.0 Å². The predicted molar refractivity (Wildman–Crippen MR) is 116 cm³/mol. The van der Waals surface area contributed by atoms with Crippen molar-refractivity contribution in [3.8, 4) is 11.3 Å². The highest BCUT2D eigenvalue weighted by molar-refractivity contribution is 5.80. The number of aliphatic imine (C=N–C) groups is 1.